The molecule has 0 N–H and O–H groups in total. The number of benzene rings is 4. The van der Waals surface area contributed by atoms with E-state index in [1.54, 1.807) is 30.4 Å². The minimum absolute atomic E-state index is 0.0977. The Labute approximate surface area is 200 Å². The summed E-state index contributed by atoms with van der Waals surface area (Å²) in [6, 6.07) is 22.0. The fraction of sp³-hybridized carbons (Fsp3) is 0. The van der Waals surface area contributed by atoms with Gasteiger partial charge in [-0.15, -0.1) is 0 Å². The van der Waals surface area contributed by atoms with Gasteiger partial charge in [0.05, 0.1) is 5.57 Å². The first-order valence-corrected chi connectivity index (χ1v) is 11.2. The Morgan fingerprint density at radius 1 is 0.571 bits per heavy atom. The van der Waals surface area contributed by atoms with Crippen molar-refractivity contribution in [3.05, 3.63) is 137 Å². The van der Waals surface area contributed by atoms with Crippen molar-refractivity contribution < 1.29 is 19.5 Å². The number of carbonyl (C=O) groups excluding carboxylic acids is 3. The molecule has 4 aromatic carbocycles. The first-order chi connectivity index (χ1) is 17.1. The second-order valence-electron chi connectivity index (χ2n) is 8.47. The van der Waals surface area contributed by atoms with E-state index in [1.807, 2.05) is 60.7 Å². The molecule has 0 bridgehead atoms. The summed E-state index contributed by atoms with van der Waals surface area (Å²) in [6.45, 7) is 0. The number of fused-ring (bicyclic) bond motifs is 6. The summed E-state index contributed by atoms with van der Waals surface area (Å²) in [5, 5.41) is 16.1. The smallest absolute Gasteiger partial charge is 0.198 e. The first-order valence-electron chi connectivity index (χ1n) is 11.2. The highest BCUT2D eigenvalue weighted by atomic mass is 16.3. The molecule has 0 radical (unpaired) electrons. The van der Waals surface area contributed by atoms with Gasteiger partial charge >= 0.3 is 0 Å². The standard InChI is InChI=1S/C31H18O4/c32-28-22-16-14-18-8-4-6-10-20(18)26(22)30(34)24(28)12-2-1-3-13-25-29(33)23-17-15-19-9-5-7-11-21(19)27(23)31(25)35/h1-17,32H/p-1. The molecule has 6 rings (SSSR count). The number of Topliss-reactive ketones (excluding diaryl/α,β-unsaturated/α-hetero) is 3. The second kappa shape index (κ2) is 7.89. The van der Waals surface area contributed by atoms with Gasteiger partial charge in [0, 0.05) is 22.3 Å². The van der Waals surface area contributed by atoms with E-state index < -0.39 is 0 Å². The highest BCUT2D eigenvalue weighted by molar-refractivity contribution is 6.42. The van der Waals surface area contributed by atoms with Gasteiger partial charge in [0.25, 0.3) is 0 Å². The highest BCUT2D eigenvalue weighted by Crippen LogP contribution is 2.35. The molecule has 35 heavy (non-hydrogen) atoms. The zero-order valence-electron chi connectivity index (χ0n) is 18.4. The molecule has 0 aromatic heterocycles. The van der Waals surface area contributed by atoms with Gasteiger partial charge in [0.15, 0.2) is 17.3 Å². The van der Waals surface area contributed by atoms with E-state index in [0.717, 1.165) is 21.5 Å². The zero-order chi connectivity index (χ0) is 24.1. The number of hydrogen-bond donors (Lipinski definition) is 0. The molecular formula is C31H17O4-. The van der Waals surface area contributed by atoms with Crippen molar-refractivity contribution in [1.82, 2.24) is 0 Å². The zero-order valence-corrected chi connectivity index (χ0v) is 18.4. The Bertz CT molecular complexity index is 1740. The van der Waals surface area contributed by atoms with Gasteiger partial charge in [-0.05, 0) is 39.3 Å². The van der Waals surface area contributed by atoms with Gasteiger partial charge in [-0.1, -0.05) is 96.8 Å². The molecule has 4 heteroatoms. The molecular weight excluding hydrogens is 436 g/mol. The number of ketones is 3. The molecule has 166 valence electrons. The molecule has 0 fully saturated rings. The average molecular weight is 453 g/mol. The normalized spacial score (nSPS) is 16.6. The van der Waals surface area contributed by atoms with E-state index in [4.69, 9.17) is 0 Å². The number of carbonyl (C=O) groups is 3. The summed E-state index contributed by atoms with van der Waals surface area (Å²) in [7, 11) is 0. The van der Waals surface area contributed by atoms with Crippen LogP contribution in [-0.4, -0.2) is 17.3 Å². The number of allylic oxidation sites excluding steroid dienone is 7. The fourth-order valence-electron chi connectivity index (χ4n) is 4.85. The summed E-state index contributed by atoms with van der Waals surface area (Å²) in [4.78, 5) is 38.8. The topological polar surface area (TPSA) is 74.3 Å². The van der Waals surface area contributed by atoms with Crippen LogP contribution in [0.5, 0.6) is 0 Å². The largest absolute Gasteiger partial charge is 0.872 e. The lowest BCUT2D eigenvalue weighted by atomic mass is 9.99. The van der Waals surface area contributed by atoms with Crippen LogP contribution in [-0.2, 0) is 0 Å². The van der Waals surface area contributed by atoms with Crippen molar-refractivity contribution in [2.24, 2.45) is 0 Å². The molecule has 0 heterocycles. The SMILES string of the molecule is O=C1C(=CC=CC=CC2=C([O-])c3ccc4ccccc4c3C2=O)C(=O)c2c1ccc1ccccc21. The van der Waals surface area contributed by atoms with Gasteiger partial charge < -0.3 is 5.11 Å². The van der Waals surface area contributed by atoms with Crippen molar-refractivity contribution in [3.63, 3.8) is 0 Å². The number of hydrogen-bond acceptors (Lipinski definition) is 4. The third kappa shape index (κ3) is 3.11. The van der Waals surface area contributed by atoms with Crippen LogP contribution in [0.15, 0.2) is 114 Å². The lowest BCUT2D eigenvalue weighted by Gasteiger charge is -2.10. The van der Waals surface area contributed by atoms with Crippen LogP contribution in [0.25, 0.3) is 27.3 Å². The van der Waals surface area contributed by atoms with Crippen molar-refractivity contribution in [3.8, 4) is 0 Å². The van der Waals surface area contributed by atoms with Crippen LogP contribution >= 0.6 is 0 Å². The predicted octanol–water partition coefficient (Wildman–Crippen LogP) is 5.38. The summed E-state index contributed by atoms with van der Waals surface area (Å²) < 4.78 is 0. The van der Waals surface area contributed by atoms with Crippen molar-refractivity contribution in [2.75, 3.05) is 0 Å². The summed E-state index contributed by atoms with van der Waals surface area (Å²) >= 11 is 0. The summed E-state index contributed by atoms with van der Waals surface area (Å²) in [5.74, 6) is -1.20. The summed E-state index contributed by atoms with van der Waals surface area (Å²) in [6.07, 6.45) is 7.71. The maximum atomic E-state index is 13.0. The molecule has 0 amide bonds. The van der Waals surface area contributed by atoms with Crippen molar-refractivity contribution in [1.29, 1.82) is 0 Å². The van der Waals surface area contributed by atoms with Crippen LogP contribution in [0, 0.1) is 0 Å². The van der Waals surface area contributed by atoms with Crippen LogP contribution in [0.2, 0.25) is 0 Å². The van der Waals surface area contributed by atoms with E-state index in [-0.39, 0.29) is 34.3 Å². The van der Waals surface area contributed by atoms with Gasteiger partial charge in [0.2, 0.25) is 0 Å². The van der Waals surface area contributed by atoms with Crippen LogP contribution in [0.4, 0.5) is 0 Å². The molecule has 0 aliphatic heterocycles. The molecule has 0 unspecified atom stereocenters. The third-order valence-corrected chi connectivity index (χ3v) is 6.53. The average Bonchev–Trinajstić information content (AvgIpc) is 3.28. The van der Waals surface area contributed by atoms with E-state index in [1.165, 1.54) is 12.2 Å². The van der Waals surface area contributed by atoms with Crippen molar-refractivity contribution >= 4 is 44.7 Å². The first kappa shape index (κ1) is 20.8. The molecule has 0 atom stereocenters. The molecule has 2 aliphatic carbocycles. The Balaban J connectivity index is 1.26. The number of rotatable bonds is 3. The van der Waals surface area contributed by atoms with E-state index in [9.17, 15) is 19.5 Å². The van der Waals surface area contributed by atoms with E-state index in [0.29, 0.717) is 22.3 Å². The van der Waals surface area contributed by atoms with E-state index >= 15 is 0 Å². The third-order valence-electron chi connectivity index (χ3n) is 6.53. The lowest BCUT2D eigenvalue weighted by molar-refractivity contribution is -0.244. The Kier molecular flexibility index (Phi) is 4.68. The van der Waals surface area contributed by atoms with Gasteiger partial charge in [-0.3, -0.25) is 14.4 Å². The molecule has 0 spiro atoms. The minimum atomic E-state index is -0.303. The van der Waals surface area contributed by atoms with E-state index in [2.05, 4.69) is 0 Å². The lowest BCUT2D eigenvalue weighted by Crippen LogP contribution is -2.02. The van der Waals surface area contributed by atoms with Crippen LogP contribution in [0.3, 0.4) is 0 Å². The monoisotopic (exact) mass is 453 g/mol. The molecule has 2 aliphatic rings. The fourth-order valence-corrected chi connectivity index (χ4v) is 4.85. The molecule has 4 nitrogen and oxygen atoms in total. The molecule has 4 aromatic rings. The van der Waals surface area contributed by atoms with Crippen molar-refractivity contribution in [2.45, 2.75) is 0 Å². The predicted molar refractivity (Wildman–Crippen MR) is 134 cm³/mol. The molecule has 0 saturated heterocycles. The van der Waals surface area contributed by atoms with Gasteiger partial charge in [-0.25, -0.2) is 0 Å². The van der Waals surface area contributed by atoms with Crippen LogP contribution in [0.1, 0.15) is 36.6 Å². The van der Waals surface area contributed by atoms with Gasteiger partial charge in [0.1, 0.15) is 0 Å². The highest BCUT2D eigenvalue weighted by Gasteiger charge is 2.34. The Hall–Kier alpha value is -4.83. The Morgan fingerprint density at radius 3 is 1.86 bits per heavy atom. The van der Waals surface area contributed by atoms with Gasteiger partial charge in [-0.2, -0.15) is 0 Å². The Morgan fingerprint density at radius 2 is 1.17 bits per heavy atom. The second-order valence-corrected chi connectivity index (χ2v) is 8.47. The molecule has 0 saturated carbocycles. The quantitative estimate of drug-likeness (QED) is 0.237. The van der Waals surface area contributed by atoms with Crippen LogP contribution < -0.4 is 5.11 Å². The summed E-state index contributed by atoms with van der Waals surface area (Å²) in [5.41, 5.74) is 1.89. The minimum Gasteiger partial charge on any atom is -0.872 e. The maximum Gasteiger partial charge on any atom is 0.198 e. The maximum absolute atomic E-state index is 13.0.